The molecule has 1 amide bonds. The van der Waals surface area contributed by atoms with Crippen LogP contribution in [0.2, 0.25) is 0 Å². The Balaban J connectivity index is 1.59. The van der Waals surface area contributed by atoms with E-state index in [-0.39, 0.29) is 11.9 Å². The van der Waals surface area contributed by atoms with Crippen LogP contribution < -0.4 is 10.1 Å². The molecular weight excluding hydrogens is 400 g/mol. The molecule has 0 spiro atoms. The van der Waals surface area contributed by atoms with Crippen molar-refractivity contribution >= 4 is 15.9 Å². The number of amides is 1. The number of hydrogen-bond donors (Lipinski definition) is 1. The highest BCUT2D eigenvalue weighted by Crippen LogP contribution is 2.34. The highest BCUT2D eigenvalue weighted by atomic mass is 32.2. The third-order valence-electron chi connectivity index (χ3n) is 5.95. The minimum atomic E-state index is -3.76. The van der Waals surface area contributed by atoms with Gasteiger partial charge >= 0.3 is 0 Å². The van der Waals surface area contributed by atoms with Crippen molar-refractivity contribution in [2.75, 3.05) is 13.2 Å². The van der Waals surface area contributed by atoms with Crippen LogP contribution in [0.1, 0.15) is 47.6 Å². The standard InChI is InChI=1S/C23H28N2O4S/c1-15-13-16(2)22(17(3)14-15)30(27,28)25-11-6-8-20(25)23(26)24-19-10-12-29-21-9-5-4-7-18(19)21/h4-5,7,9,13-14,19-20H,6,8,10-12H2,1-3H3,(H,24,26)/t19-,20+/m0/s1. The third kappa shape index (κ3) is 3.72. The van der Waals surface area contributed by atoms with Crippen molar-refractivity contribution in [2.24, 2.45) is 0 Å². The van der Waals surface area contributed by atoms with Crippen LogP contribution in [0.5, 0.6) is 5.75 Å². The van der Waals surface area contributed by atoms with Crippen LogP contribution >= 0.6 is 0 Å². The van der Waals surface area contributed by atoms with E-state index in [2.05, 4.69) is 5.32 Å². The summed E-state index contributed by atoms with van der Waals surface area (Å²) in [7, 11) is -3.76. The highest BCUT2D eigenvalue weighted by molar-refractivity contribution is 7.89. The number of nitrogens with zero attached hydrogens (tertiary/aromatic N) is 1. The van der Waals surface area contributed by atoms with Gasteiger partial charge < -0.3 is 10.1 Å². The summed E-state index contributed by atoms with van der Waals surface area (Å²) in [4.78, 5) is 13.5. The van der Waals surface area contributed by atoms with Crippen molar-refractivity contribution in [1.29, 1.82) is 0 Å². The fourth-order valence-corrected chi connectivity index (χ4v) is 6.81. The van der Waals surface area contributed by atoms with Gasteiger partial charge in [0.1, 0.15) is 11.8 Å². The summed E-state index contributed by atoms with van der Waals surface area (Å²) in [5.41, 5.74) is 3.40. The summed E-state index contributed by atoms with van der Waals surface area (Å²) < 4.78 is 34.1. The maximum Gasteiger partial charge on any atom is 0.244 e. The quantitative estimate of drug-likeness (QED) is 0.810. The van der Waals surface area contributed by atoms with Gasteiger partial charge in [0.15, 0.2) is 0 Å². The minimum Gasteiger partial charge on any atom is -0.493 e. The van der Waals surface area contributed by atoms with Crippen molar-refractivity contribution in [3.05, 3.63) is 58.7 Å². The Morgan fingerprint density at radius 2 is 1.80 bits per heavy atom. The molecule has 0 unspecified atom stereocenters. The molecule has 2 aromatic rings. The molecule has 1 N–H and O–H groups in total. The maximum atomic E-state index is 13.5. The molecule has 2 aliphatic rings. The predicted molar refractivity (Wildman–Crippen MR) is 115 cm³/mol. The van der Waals surface area contributed by atoms with Crippen LogP contribution in [0, 0.1) is 20.8 Å². The third-order valence-corrected chi connectivity index (χ3v) is 8.17. The molecule has 1 fully saturated rings. The zero-order valence-corrected chi connectivity index (χ0v) is 18.5. The Morgan fingerprint density at radius 1 is 1.10 bits per heavy atom. The molecule has 0 bridgehead atoms. The Bertz CT molecular complexity index is 1060. The SMILES string of the molecule is Cc1cc(C)c(S(=O)(=O)N2CCC[C@@H]2C(=O)N[C@H]2CCOc3ccccc32)c(C)c1. The fourth-order valence-electron chi connectivity index (χ4n) is 4.74. The lowest BCUT2D eigenvalue weighted by Gasteiger charge is -2.30. The second kappa shape index (κ2) is 8.04. The molecular formula is C23H28N2O4S. The average molecular weight is 429 g/mol. The van der Waals surface area contributed by atoms with Crippen LogP contribution in [0.15, 0.2) is 41.3 Å². The first-order valence-electron chi connectivity index (χ1n) is 10.4. The Labute approximate surface area is 178 Å². The summed E-state index contributed by atoms with van der Waals surface area (Å²) in [5, 5.41) is 3.08. The highest BCUT2D eigenvalue weighted by Gasteiger charge is 2.41. The fraction of sp³-hybridized carbons (Fsp3) is 0.435. The summed E-state index contributed by atoms with van der Waals surface area (Å²) in [6, 6.07) is 10.6. The Morgan fingerprint density at radius 3 is 2.53 bits per heavy atom. The zero-order chi connectivity index (χ0) is 21.5. The van der Waals surface area contributed by atoms with Crippen LogP contribution in [0.25, 0.3) is 0 Å². The van der Waals surface area contributed by atoms with Crippen LogP contribution in [-0.4, -0.2) is 37.8 Å². The zero-order valence-electron chi connectivity index (χ0n) is 17.6. The molecule has 4 rings (SSSR count). The first-order chi connectivity index (χ1) is 14.3. The molecule has 1 saturated heterocycles. The molecule has 30 heavy (non-hydrogen) atoms. The van der Waals surface area contributed by atoms with Gasteiger partial charge in [0.05, 0.1) is 17.5 Å². The van der Waals surface area contributed by atoms with E-state index in [9.17, 15) is 13.2 Å². The molecule has 0 aliphatic carbocycles. The second-order valence-electron chi connectivity index (χ2n) is 8.24. The molecule has 2 atom stereocenters. The smallest absolute Gasteiger partial charge is 0.244 e. The van der Waals surface area contributed by atoms with E-state index in [4.69, 9.17) is 4.74 Å². The Hall–Kier alpha value is -2.38. The van der Waals surface area contributed by atoms with Crippen LogP contribution in [0.3, 0.4) is 0 Å². The van der Waals surface area contributed by atoms with Crippen molar-refractivity contribution in [3.8, 4) is 5.75 Å². The maximum absolute atomic E-state index is 13.5. The summed E-state index contributed by atoms with van der Waals surface area (Å²) >= 11 is 0. The minimum absolute atomic E-state index is 0.171. The number of carbonyl (C=O) groups is 1. The first-order valence-corrected chi connectivity index (χ1v) is 11.8. The van der Waals surface area contributed by atoms with Crippen molar-refractivity contribution in [1.82, 2.24) is 9.62 Å². The number of rotatable bonds is 4. The van der Waals surface area contributed by atoms with Gasteiger partial charge in [0.2, 0.25) is 15.9 Å². The number of sulfonamides is 1. The monoisotopic (exact) mass is 428 g/mol. The number of para-hydroxylation sites is 1. The number of benzene rings is 2. The summed E-state index contributed by atoms with van der Waals surface area (Å²) in [6.45, 7) is 6.47. The second-order valence-corrected chi connectivity index (χ2v) is 10.1. The van der Waals surface area contributed by atoms with Gasteiger partial charge in [-0.2, -0.15) is 4.31 Å². The van der Waals surface area contributed by atoms with E-state index in [0.717, 1.165) is 28.0 Å². The van der Waals surface area contributed by atoms with Gasteiger partial charge in [0.25, 0.3) is 0 Å². The molecule has 0 radical (unpaired) electrons. The van der Waals surface area contributed by atoms with Crippen LogP contribution in [-0.2, 0) is 14.8 Å². The normalized spacial score (nSPS) is 21.7. The molecule has 0 saturated carbocycles. The van der Waals surface area contributed by atoms with E-state index in [1.54, 1.807) is 0 Å². The number of nitrogens with one attached hydrogen (secondary N) is 1. The largest absolute Gasteiger partial charge is 0.493 e. The lowest BCUT2D eigenvalue weighted by Crippen LogP contribution is -2.47. The molecule has 0 aromatic heterocycles. The first kappa shape index (κ1) is 20.9. The van der Waals surface area contributed by atoms with Gasteiger partial charge in [-0.15, -0.1) is 0 Å². The van der Waals surface area contributed by atoms with Gasteiger partial charge in [-0.1, -0.05) is 35.9 Å². The molecule has 2 heterocycles. The van der Waals surface area contributed by atoms with Crippen LogP contribution in [0.4, 0.5) is 0 Å². The molecule has 6 nitrogen and oxygen atoms in total. The van der Waals surface area contributed by atoms with Crippen molar-refractivity contribution in [3.63, 3.8) is 0 Å². The molecule has 2 aromatic carbocycles. The Kier molecular flexibility index (Phi) is 5.59. The predicted octanol–water partition coefficient (Wildman–Crippen LogP) is 3.40. The molecule has 7 heteroatoms. The molecule has 160 valence electrons. The van der Waals surface area contributed by atoms with Gasteiger partial charge in [0, 0.05) is 18.5 Å². The summed E-state index contributed by atoms with van der Waals surface area (Å²) in [6.07, 6.45) is 1.87. The van der Waals surface area contributed by atoms with E-state index in [1.165, 1.54) is 4.31 Å². The van der Waals surface area contributed by atoms with Gasteiger partial charge in [-0.05, 0) is 50.8 Å². The van der Waals surface area contributed by atoms with Gasteiger partial charge in [-0.25, -0.2) is 8.42 Å². The van der Waals surface area contributed by atoms with Gasteiger partial charge in [-0.3, -0.25) is 4.79 Å². The van der Waals surface area contributed by atoms with E-state index >= 15 is 0 Å². The number of ether oxygens (including phenoxy) is 1. The van der Waals surface area contributed by atoms with E-state index in [1.807, 2.05) is 57.2 Å². The lowest BCUT2D eigenvalue weighted by atomic mass is 10.00. The number of aryl methyl sites for hydroxylation is 3. The van der Waals surface area contributed by atoms with Crippen molar-refractivity contribution < 1.29 is 17.9 Å². The topological polar surface area (TPSA) is 75.7 Å². The number of carbonyl (C=O) groups excluding carboxylic acids is 1. The number of fused-ring (bicyclic) bond motifs is 1. The van der Waals surface area contributed by atoms with E-state index < -0.39 is 16.1 Å². The van der Waals surface area contributed by atoms with Crippen molar-refractivity contribution in [2.45, 2.75) is 57.0 Å². The molecule has 2 aliphatic heterocycles. The van der Waals surface area contributed by atoms with E-state index in [0.29, 0.717) is 37.3 Å². The number of hydrogen-bond acceptors (Lipinski definition) is 4. The summed E-state index contributed by atoms with van der Waals surface area (Å²) in [5.74, 6) is 0.538. The average Bonchev–Trinajstić information content (AvgIpc) is 3.18. The lowest BCUT2D eigenvalue weighted by molar-refractivity contribution is -0.125.